The van der Waals surface area contributed by atoms with Crippen molar-refractivity contribution in [1.82, 2.24) is 10.2 Å². The first-order valence-electron chi connectivity index (χ1n) is 8.32. The van der Waals surface area contributed by atoms with E-state index < -0.39 is 0 Å². The van der Waals surface area contributed by atoms with Gasteiger partial charge in [0.2, 0.25) is 0 Å². The van der Waals surface area contributed by atoms with Gasteiger partial charge in [-0.3, -0.25) is 9.79 Å². The topological polar surface area (TPSA) is 53.9 Å². The number of rotatable bonds is 4. The van der Waals surface area contributed by atoms with Crippen molar-refractivity contribution in [2.45, 2.75) is 33.2 Å². The molecule has 0 unspecified atom stereocenters. The van der Waals surface area contributed by atoms with Gasteiger partial charge < -0.3 is 15.0 Å². The third kappa shape index (κ3) is 5.65. The Labute approximate surface area is 161 Å². The average molecular weight is 445 g/mol. The number of carbonyl (C=O) groups is 1. The summed E-state index contributed by atoms with van der Waals surface area (Å²) in [6, 6.07) is 8.35. The molecule has 2 rings (SSSR count). The van der Waals surface area contributed by atoms with E-state index in [2.05, 4.69) is 40.3 Å². The number of hydrogen-bond acceptors (Lipinski definition) is 3. The number of nitrogens with zero attached hydrogens (tertiary/aromatic N) is 2. The van der Waals surface area contributed by atoms with Gasteiger partial charge in [0, 0.05) is 26.7 Å². The number of guanidine groups is 1. The molecule has 0 atom stereocenters. The van der Waals surface area contributed by atoms with E-state index >= 15 is 0 Å². The SMILES string of the molecule is CCOC(=O)C1CCN(C(=NC)NCc2ccccc2C)CC1.I. The number of benzene rings is 1. The van der Waals surface area contributed by atoms with Crippen molar-refractivity contribution in [3.8, 4) is 0 Å². The van der Waals surface area contributed by atoms with E-state index in [1.54, 1.807) is 7.05 Å². The van der Waals surface area contributed by atoms with Crippen LogP contribution in [-0.2, 0) is 16.1 Å². The second kappa shape index (κ2) is 10.5. The molecule has 5 nitrogen and oxygen atoms in total. The van der Waals surface area contributed by atoms with Crippen LogP contribution in [0.2, 0.25) is 0 Å². The average Bonchev–Trinajstić information content (AvgIpc) is 2.57. The number of aryl methyl sites for hydroxylation is 1. The number of ether oxygens (including phenoxy) is 1. The van der Waals surface area contributed by atoms with Crippen LogP contribution in [0.15, 0.2) is 29.3 Å². The molecule has 1 saturated heterocycles. The highest BCUT2D eigenvalue weighted by Crippen LogP contribution is 2.19. The summed E-state index contributed by atoms with van der Waals surface area (Å²) in [7, 11) is 1.80. The van der Waals surface area contributed by atoms with Gasteiger partial charge in [0.05, 0.1) is 12.5 Å². The first kappa shape index (κ1) is 20.7. The zero-order chi connectivity index (χ0) is 16.7. The summed E-state index contributed by atoms with van der Waals surface area (Å²) in [6.07, 6.45) is 1.65. The van der Waals surface area contributed by atoms with Crippen LogP contribution in [0, 0.1) is 12.8 Å². The Morgan fingerprint density at radius 2 is 2.00 bits per heavy atom. The van der Waals surface area contributed by atoms with Crippen LogP contribution in [0.25, 0.3) is 0 Å². The molecule has 0 aliphatic carbocycles. The fourth-order valence-electron chi connectivity index (χ4n) is 2.90. The predicted octanol–water partition coefficient (Wildman–Crippen LogP) is 2.96. The quantitative estimate of drug-likeness (QED) is 0.335. The largest absolute Gasteiger partial charge is 0.466 e. The van der Waals surface area contributed by atoms with Crippen molar-refractivity contribution < 1.29 is 9.53 Å². The fraction of sp³-hybridized carbons (Fsp3) is 0.556. The van der Waals surface area contributed by atoms with E-state index in [0.717, 1.165) is 38.4 Å². The van der Waals surface area contributed by atoms with Gasteiger partial charge in [-0.15, -0.1) is 24.0 Å². The molecule has 1 heterocycles. The smallest absolute Gasteiger partial charge is 0.309 e. The number of carbonyl (C=O) groups excluding carboxylic acids is 1. The van der Waals surface area contributed by atoms with Crippen molar-refractivity contribution in [1.29, 1.82) is 0 Å². The lowest BCUT2D eigenvalue weighted by atomic mass is 9.97. The van der Waals surface area contributed by atoms with Crippen LogP contribution in [0.5, 0.6) is 0 Å². The second-order valence-electron chi connectivity index (χ2n) is 5.84. The highest BCUT2D eigenvalue weighted by molar-refractivity contribution is 14.0. The molecule has 1 aromatic rings. The molecule has 1 aliphatic heterocycles. The summed E-state index contributed by atoms with van der Waals surface area (Å²) >= 11 is 0. The summed E-state index contributed by atoms with van der Waals surface area (Å²) in [5, 5.41) is 3.43. The maximum Gasteiger partial charge on any atom is 0.309 e. The molecule has 0 radical (unpaired) electrons. The van der Waals surface area contributed by atoms with Gasteiger partial charge in [-0.1, -0.05) is 24.3 Å². The Balaban J connectivity index is 0.00000288. The van der Waals surface area contributed by atoms with E-state index in [9.17, 15) is 4.79 Å². The molecule has 1 aliphatic rings. The number of aliphatic imine (C=N–C) groups is 1. The van der Waals surface area contributed by atoms with E-state index in [-0.39, 0.29) is 35.9 Å². The number of halogens is 1. The molecular weight excluding hydrogens is 417 g/mol. The maximum absolute atomic E-state index is 11.8. The molecule has 0 amide bonds. The Bertz CT molecular complexity index is 555. The minimum absolute atomic E-state index is 0. The molecule has 24 heavy (non-hydrogen) atoms. The zero-order valence-electron chi connectivity index (χ0n) is 14.7. The summed E-state index contributed by atoms with van der Waals surface area (Å²) in [5.41, 5.74) is 2.55. The van der Waals surface area contributed by atoms with Gasteiger partial charge >= 0.3 is 5.97 Å². The third-order valence-electron chi connectivity index (χ3n) is 4.32. The van der Waals surface area contributed by atoms with Gasteiger partial charge in [0.1, 0.15) is 0 Å². The summed E-state index contributed by atoms with van der Waals surface area (Å²) in [5.74, 6) is 0.867. The van der Waals surface area contributed by atoms with Gasteiger partial charge in [-0.2, -0.15) is 0 Å². The number of likely N-dealkylation sites (tertiary alicyclic amines) is 1. The number of piperidine rings is 1. The monoisotopic (exact) mass is 445 g/mol. The highest BCUT2D eigenvalue weighted by Gasteiger charge is 2.27. The molecule has 6 heteroatoms. The standard InChI is InChI=1S/C18H27N3O2.HI/c1-4-23-17(22)15-9-11-21(12-10-15)18(19-3)20-13-16-8-6-5-7-14(16)2;/h5-8,15H,4,9-13H2,1-3H3,(H,19,20);1H. The van der Waals surface area contributed by atoms with Crippen LogP contribution in [0.1, 0.15) is 30.9 Å². The summed E-state index contributed by atoms with van der Waals surface area (Å²) < 4.78 is 5.12. The Kier molecular flexibility index (Phi) is 9.10. The highest BCUT2D eigenvalue weighted by atomic mass is 127. The molecule has 0 saturated carbocycles. The van der Waals surface area contributed by atoms with Crippen molar-refractivity contribution >= 4 is 35.9 Å². The third-order valence-corrected chi connectivity index (χ3v) is 4.32. The van der Waals surface area contributed by atoms with Crippen molar-refractivity contribution in [2.75, 3.05) is 26.7 Å². The lowest BCUT2D eigenvalue weighted by molar-refractivity contribution is -0.149. The van der Waals surface area contributed by atoms with Gasteiger partial charge in [0.25, 0.3) is 0 Å². The van der Waals surface area contributed by atoms with Crippen LogP contribution in [-0.4, -0.2) is 43.6 Å². The molecule has 1 N–H and O–H groups in total. The van der Waals surface area contributed by atoms with E-state index in [1.807, 2.05) is 13.0 Å². The molecule has 0 spiro atoms. The molecule has 0 bridgehead atoms. The van der Waals surface area contributed by atoms with Crippen LogP contribution < -0.4 is 5.32 Å². The first-order valence-corrected chi connectivity index (χ1v) is 8.32. The van der Waals surface area contributed by atoms with Crippen molar-refractivity contribution in [2.24, 2.45) is 10.9 Å². The normalized spacial score (nSPS) is 15.6. The molecule has 134 valence electrons. The lowest BCUT2D eigenvalue weighted by Crippen LogP contribution is -2.46. The van der Waals surface area contributed by atoms with Crippen LogP contribution in [0.3, 0.4) is 0 Å². The van der Waals surface area contributed by atoms with E-state index in [4.69, 9.17) is 4.74 Å². The molecule has 1 aromatic carbocycles. The molecule has 1 fully saturated rings. The number of esters is 1. The van der Waals surface area contributed by atoms with Crippen LogP contribution in [0.4, 0.5) is 0 Å². The van der Waals surface area contributed by atoms with Gasteiger partial charge in [-0.05, 0) is 37.8 Å². The Morgan fingerprint density at radius 3 is 2.58 bits per heavy atom. The zero-order valence-corrected chi connectivity index (χ0v) is 17.1. The van der Waals surface area contributed by atoms with Gasteiger partial charge in [0.15, 0.2) is 5.96 Å². The number of nitrogens with one attached hydrogen (secondary N) is 1. The lowest BCUT2D eigenvalue weighted by Gasteiger charge is -2.33. The molecule has 0 aromatic heterocycles. The minimum Gasteiger partial charge on any atom is -0.466 e. The molecular formula is C18H28IN3O2. The first-order chi connectivity index (χ1) is 11.2. The summed E-state index contributed by atoms with van der Waals surface area (Å²) in [6.45, 7) is 6.85. The fourth-order valence-corrected chi connectivity index (χ4v) is 2.90. The number of hydrogen-bond donors (Lipinski definition) is 1. The van der Waals surface area contributed by atoms with E-state index in [0.29, 0.717) is 6.61 Å². The van der Waals surface area contributed by atoms with E-state index in [1.165, 1.54) is 11.1 Å². The summed E-state index contributed by atoms with van der Waals surface area (Å²) in [4.78, 5) is 18.4. The Hall–Kier alpha value is -1.31. The second-order valence-corrected chi connectivity index (χ2v) is 5.84. The van der Waals surface area contributed by atoms with Gasteiger partial charge in [-0.25, -0.2) is 0 Å². The maximum atomic E-state index is 11.8. The Morgan fingerprint density at radius 1 is 1.33 bits per heavy atom. The predicted molar refractivity (Wildman–Crippen MR) is 108 cm³/mol. The van der Waals surface area contributed by atoms with Crippen molar-refractivity contribution in [3.05, 3.63) is 35.4 Å². The van der Waals surface area contributed by atoms with Crippen molar-refractivity contribution in [3.63, 3.8) is 0 Å². The minimum atomic E-state index is -0.0602. The van der Waals surface area contributed by atoms with Crippen LogP contribution >= 0.6 is 24.0 Å².